The number of pyridine rings is 1. The van der Waals surface area contributed by atoms with E-state index in [1.165, 1.54) is 10.9 Å². The molecule has 25 heavy (non-hydrogen) atoms. The van der Waals surface area contributed by atoms with Gasteiger partial charge in [0.1, 0.15) is 0 Å². The zero-order chi connectivity index (χ0) is 17.8. The van der Waals surface area contributed by atoms with E-state index in [0.717, 1.165) is 0 Å². The van der Waals surface area contributed by atoms with Gasteiger partial charge in [-0.1, -0.05) is 36.4 Å². The molecule has 1 aromatic carbocycles. The molecule has 126 valence electrons. The largest absolute Gasteiger partial charge is 0.479 e. The van der Waals surface area contributed by atoms with E-state index in [9.17, 15) is 14.7 Å². The highest BCUT2D eigenvalue weighted by Gasteiger charge is 2.24. The van der Waals surface area contributed by atoms with Crippen molar-refractivity contribution in [1.29, 1.82) is 0 Å². The van der Waals surface area contributed by atoms with Crippen LogP contribution in [0.4, 0.5) is 0 Å². The highest BCUT2D eigenvalue weighted by atomic mass is 16.4. The van der Waals surface area contributed by atoms with Crippen molar-refractivity contribution < 1.29 is 14.7 Å². The number of aromatic nitrogens is 3. The van der Waals surface area contributed by atoms with Crippen LogP contribution in [0.2, 0.25) is 0 Å². The molecule has 0 saturated heterocycles. The fourth-order valence-electron chi connectivity index (χ4n) is 2.48. The van der Waals surface area contributed by atoms with Crippen molar-refractivity contribution in [2.45, 2.75) is 13.0 Å². The Morgan fingerprint density at radius 3 is 2.48 bits per heavy atom. The summed E-state index contributed by atoms with van der Waals surface area (Å²) in [6.07, 6.45) is 3.04. The molecule has 0 aliphatic carbocycles. The normalized spacial score (nSPS) is 11.7. The Morgan fingerprint density at radius 2 is 1.84 bits per heavy atom. The topological polar surface area (TPSA) is 97.1 Å². The fourth-order valence-corrected chi connectivity index (χ4v) is 2.48. The lowest BCUT2D eigenvalue weighted by molar-refractivity contribution is -0.139. The van der Waals surface area contributed by atoms with Crippen molar-refractivity contribution in [2.75, 3.05) is 0 Å². The van der Waals surface area contributed by atoms with Gasteiger partial charge in [-0.25, -0.2) is 14.5 Å². The van der Waals surface area contributed by atoms with Crippen molar-refractivity contribution in [3.63, 3.8) is 0 Å². The predicted octanol–water partition coefficient (Wildman–Crippen LogP) is 2.13. The molecule has 0 saturated carbocycles. The Hall–Kier alpha value is -3.48. The summed E-state index contributed by atoms with van der Waals surface area (Å²) < 4.78 is 1.53. The molecule has 0 aliphatic rings. The van der Waals surface area contributed by atoms with E-state index in [2.05, 4.69) is 15.4 Å². The highest BCUT2D eigenvalue weighted by Crippen LogP contribution is 2.16. The van der Waals surface area contributed by atoms with E-state index in [0.29, 0.717) is 22.6 Å². The highest BCUT2D eigenvalue weighted by molar-refractivity contribution is 5.97. The van der Waals surface area contributed by atoms with Gasteiger partial charge in [0.15, 0.2) is 11.9 Å². The lowest BCUT2D eigenvalue weighted by Gasteiger charge is -2.14. The van der Waals surface area contributed by atoms with Crippen LogP contribution in [0.25, 0.3) is 5.82 Å². The van der Waals surface area contributed by atoms with Gasteiger partial charge in [-0.3, -0.25) is 4.79 Å². The van der Waals surface area contributed by atoms with Crippen molar-refractivity contribution >= 4 is 11.9 Å². The summed E-state index contributed by atoms with van der Waals surface area (Å²) in [5, 5.41) is 16.1. The van der Waals surface area contributed by atoms with Crippen molar-refractivity contribution in [3.05, 3.63) is 77.7 Å². The summed E-state index contributed by atoms with van der Waals surface area (Å²) in [4.78, 5) is 28.3. The number of hydrogen-bond donors (Lipinski definition) is 2. The summed E-state index contributed by atoms with van der Waals surface area (Å²) in [6, 6.07) is 12.8. The molecule has 2 aromatic heterocycles. The molecule has 7 heteroatoms. The number of nitrogens with zero attached hydrogens (tertiary/aromatic N) is 3. The lowest BCUT2D eigenvalue weighted by atomic mass is 10.1. The average Bonchev–Trinajstić information content (AvgIpc) is 3.02. The first-order valence-electron chi connectivity index (χ1n) is 7.62. The molecule has 2 heterocycles. The number of carboxylic acid groups (broad SMARTS) is 1. The first-order chi connectivity index (χ1) is 12.1. The van der Waals surface area contributed by atoms with Gasteiger partial charge in [0, 0.05) is 6.20 Å². The first kappa shape index (κ1) is 16.4. The van der Waals surface area contributed by atoms with E-state index in [1.807, 2.05) is 6.07 Å². The van der Waals surface area contributed by atoms with Crippen LogP contribution in [-0.4, -0.2) is 31.7 Å². The second kappa shape index (κ2) is 6.96. The maximum atomic E-state index is 12.6. The minimum absolute atomic E-state index is 0.299. The Labute approximate surface area is 143 Å². The third-order valence-corrected chi connectivity index (χ3v) is 3.78. The number of benzene rings is 1. The molecule has 3 aromatic rings. The van der Waals surface area contributed by atoms with Crippen LogP contribution in [0.1, 0.15) is 27.7 Å². The second-order valence-corrected chi connectivity index (χ2v) is 5.40. The Bertz CT molecular complexity index is 891. The molecule has 3 rings (SSSR count). The van der Waals surface area contributed by atoms with E-state index < -0.39 is 17.9 Å². The van der Waals surface area contributed by atoms with Crippen LogP contribution in [0.3, 0.4) is 0 Å². The molecule has 0 radical (unpaired) electrons. The Morgan fingerprint density at radius 1 is 1.12 bits per heavy atom. The number of carboxylic acids is 1. The molecule has 2 N–H and O–H groups in total. The van der Waals surface area contributed by atoms with Gasteiger partial charge in [0.2, 0.25) is 0 Å². The third-order valence-electron chi connectivity index (χ3n) is 3.78. The van der Waals surface area contributed by atoms with E-state index in [-0.39, 0.29) is 0 Å². The van der Waals surface area contributed by atoms with Gasteiger partial charge >= 0.3 is 5.97 Å². The number of rotatable bonds is 5. The molecule has 0 aliphatic heterocycles. The van der Waals surface area contributed by atoms with Crippen LogP contribution < -0.4 is 5.32 Å². The monoisotopic (exact) mass is 336 g/mol. The van der Waals surface area contributed by atoms with Gasteiger partial charge in [0.25, 0.3) is 5.91 Å². The zero-order valence-electron chi connectivity index (χ0n) is 13.5. The maximum absolute atomic E-state index is 12.6. The molecule has 1 unspecified atom stereocenters. The standard InChI is InChI=1S/C18H16N4O3/c1-12-14(11-20-22(12)15-9-5-6-10-19-15)17(23)21-16(18(24)25)13-7-3-2-4-8-13/h2-11,16H,1H3,(H,21,23)(H,24,25). The summed E-state index contributed by atoms with van der Waals surface area (Å²) in [5.41, 5.74) is 1.37. The number of amides is 1. The molecular formula is C18H16N4O3. The number of carbonyl (C=O) groups is 2. The number of carbonyl (C=O) groups excluding carboxylic acids is 1. The zero-order valence-corrected chi connectivity index (χ0v) is 13.5. The van der Waals surface area contributed by atoms with Crippen LogP contribution in [0.15, 0.2) is 60.9 Å². The average molecular weight is 336 g/mol. The van der Waals surface area contributed by atoms with Gasteiger partial charge in [-0.05, 0) is 24.6 Å². The Balaban J connectivity index is 1.86. The molecule has 0 spiro atoms. The summed E-state index contributed by atoms with van der Waals surface area (Å²) in [7, 11) is 0. The number of aliphatic carboxylic acids is 1. The van der Waals surface area contributed by atoms with E-state index in [4.69, 9.17) is 0 Å². The van der Waals surface area contributed by atoms with Crippen LogP contribution >= 0.6 is 0 Å². The van der Waals surface area contributed by atoms with Crippen molar-refractivity contribution in [2.24, 2.45) is 0 Å². The molecule has 1 amide bonds. The fraction of sp³-hybridized carbons (Fsp3) is 0.111. The van der Waals surface area contributed by atoms with Crippen LogP contribution in [-0.2, 0) is 4.79 Å². The van der Waals surface area contributed by atoms with E-state index >= 15 is 0 Å². The third kappa shape index (κ3) is 3.40. The van der Waals surface area contributed by atoms with Crippen molar-refractivity contribution in [3.8, 4) is 5.82 Å². The molecule has 0 bridgehead atoms. The molecule has 1 atom stereocenters. The minimum Gasteiger partial charge on any atom is -0.479 e. The number of nitrogens with one attached hydrogen (secondary N) is 1. The summed E-state index contributed by atoms with van der Waals surface area (Å²) in [6.45, 7) is 1.73. The number of hydrogen-bond acceptors (Lipinski definition) is 4. The van der Waals surface area contributed by atoms with Crippen LogP contribution in [0.5, 0.6) is 0 Å². The van der Waals surface area contributed by atoms with Crippen LogP contribution in [0, 0.1) is 6.92 Å². The Kier molecular flexibility index (Phi) is 4.56. The predicted molar refractivity (Wildman–Crippen MR) is 90.4 cm³/mol. The summed E-state index contributed by atoms with van der Waals surface area (Å²) in [5.74, 6) is -1.05. The van der Waals surface area contributed by atoms with Gasteiger partial charge < -0.3 is 10.4 Å². The smallest absolute Gasteiger partial charge is 0.330 e. The van der Waals surface area contributed by atoms with Crippen molar-refractivity contribution in [1.82, 2.24) is 20.1 Å². The van der Waals surface area contributed by atoms with Gasteiger partial charge in [-0.2, -0.15) is 5.10 Å². The summed E-state index contributed by atoms with van der Waals surface area (Å²) >= 11 is 0. The second-order valence-electron chi connectivity index (χ2n) is 5.40. The van der Waals surface area contributed by atoms with E-state index in [1.54, 1.807) is 55.6 Å². The maximum Gasteiger partial charge on any atom is 0.330 e. The van der Waals surface area contributed by atoms with Gasteiger partial charge in [-0.15, -0.1) is 0 Å². The molecule has 0 fully saturated rings. The quantitative estimate of drug-likeness (QED) is 0.744. The molecule has 7 nitrogen and oxygen atoms in total. The molecular weight excluding hydrogens is 320 g/mol. The SMILES string of the molecule is Cc1c(C(=O)NC(C(=O)O)c2ccccc2)cnn1-c1ccccn1. The van der Waals surface area contributed by atoms with Gasteiger partial charge in [0.05, 0.1) is 17.5 Å². The lowest BCUT2D eigenvalue weighted by Crippen LogP contribution is -2.34. The first-order valence-corrected chi connectivity index (χ1v) is 7.62. The minimum atomic E-state index is -1.13.